The summed E-state index contributed by atoms with van der Waals surface area (Å²) in [6.07, 6.45) is 0. The molecule has 0 saturated carbocycles. The molecule has 0 N–H and O–H groups in total. The van der Waals surface area contributed by atoms with E-state index in [-0.39, 0.29) is 42.4 Å². The van der Waals surface area contributed by atoms with E-state index >= 15 is 0 Å². The predicted octanol–water partition coefficient (Wildman–Crippen LogP) is 20.7. The monoisotopic (exact) mass is 1270 g/mol. The van der Waals surface area contributed by atoms with Crippen LogP contribution in [0, 0.1) is 5.92 Å². The van der Waals surface area contributed by atoms with Gasteiger partial charge in [-0.05, 0) is 153 Å². The molecule has 0 aliphatic carbocycles. The number of fused-ring (bicyclic) bond motifs is 6. The first-order chi connectivity index (χ1) is 37.1. The van der Waals surface area contributed by atoms with Crippen molar-refractivity contribution in [3.05, 3.63) is 112 Å². The molecule has 79 heavy (non-hydrogen) atoms. The molecule has 0 spiro atoms. The minimum Gasteiger partial charge on any atom is -0.465 e. The molecule has 0 amide bonds. The van der Waals surface area contributed by atoms with Crippen LogP contribution in [0.4, 0.5) is 0 Å². The Morgan fingerprint density at radius 3 is 0.608 bits per heavy atom. The summed E-state index contributed by atoms with van der Waals surface area (Å²) < 4.78 is 14.3. The van der Waals surface area contributed by atoms with Crippen molar-refractivity contribution in [2.24, 2.45) is 0 Å². The van der Waals surface area contributed by atoms with Gasteiger partial charge in [0.25, 0.3) is 0 Å². The molecule has 409 valence electrons. The van der Waals surface area contributed by atoms with Crippen LogP contribution in [0.5, 0.6) is 0 Å². The van der Waals surface area contributed by atoms with Crippen molar-refractivity contribution in [3.8, 4) is 33.4 Å². The van der Waals surface area contributed by atoms with E-state index in [1.807, 2.05) is 178 Å². The van der Waals surface area contributed by atoms with Crippen molar-refractivity contribution < 1.29 is 28.6 Å². The zero-order valence-corrected chi connectivity index (χ0v) is 56.1. The molecule has 6 nitrogen and oxygen atoms in total. The van der Waals surface area contributed by atoms with E-state index in [1.54, 1.807) is 0 Å². The van der Waals surface area contributed by atoms with E-state index in [4.69, 9.17) is 14.2 Å². The molecule has 0 fully saturated rings. The van der Waals surface area contributed by atoms with E-state index in [2.05, 4.69) is 119 Å². The first-order valence-electron chi connectivity index (χ1n) is 25.6. The molecule has 1 radical (unpaired) electrons. The van der Waals surface area contributed by atoms with Crippen molar-refractivity contribution in [3.63, 3.8) is 0 Å². The number of benzene rings is 6. The summed E-state index contributed by atoms with van der Waals surface area (Å²) in [5.41, 5.74) is 12.5. The highest BCUT2D eigenvalue weighted by atomic mass is 32.2. The summed E-state index contributed by atoms with van der Waals surface area (Å²) in [5, 5.41) is 0. The number of thioether (sulfide) groups is 12. The molecule has 6 aromatic rings. The van der Waals surface area contributed by atoms with Crippen LogP contribution in [0.2, 0.25) is 0 Å². The third-order valence-corrected chi connectivity index (χ3v) is 30.7. The van der Waals surface area contributed by atoms with Crippen molar-refractivity contribution in [1.82, 2.24) is 0 Å². The molecule has 6 aliphatic heterocycles. The number of hydrogen-bond donors (Lipinski definition) is 0. The van der Waals surface area contributed by atoms with E-state index < -0.39 is 0 Å². The minimum absolute atomic E-state index is 0.213. The maximum atomic E-state index is 12.9. The summed E-state index contributed by atoms with van der Waals surface area (Å²) in [6.45, 7) is 28.4. The maximum Gasteiger partial charge on any atom is 0.337 e. The van der Waals surface area contributed by atoms with Crippen LogP contribution in [0.3, 0.4) is 0 Å². The Hall–Kier alpha value is -2.07. The molecule has 6 aromatic carbocycles. The SMILES string of the molecule is COC(=O)c1ccc(-c2c3c(c([C](c4c5c(c(-c6ccc(C(=O)OC)cc6)c6c4SC(C)(C)S6)SC(C)(C)S5)c4c5c(c(-c6ccc(C(=O)OC)cc6)c6c4SC(C)(C)S6)SC(C)(C)S5)c4c2SC(C)(C)S4)SC(C)(C)S3)cc1. The molecule has 12 rings (SSSR count). The second-order valence-corrected chi connectivity index (χ2v) is 43.6. The molecule has 0 bridgehead atoms. The highest BCUT2D eigenvalue weighted by Crippen LogP contribution is 2.76. The largest absolute Gasteiger partial charge is 0.465 e. The van der Waals surface area contributed by atoms with Gasteiger partial charge in [0.2, 0.25) is 0 Å². The van der Waals surface area contributed by atoms with E-state index in [1.165, 1.54) is 119 Å². The van der Waals surface area contributed by atoms with Gasteiger partial charge in [-0.2, -0.15) is 0 Å². The molecule has 6 aliphatic rings. The zero-order chi connectivity index (χ0) is 56.3. The van der Waals surface area contributed by atoms with Crippen molar-refractivity contribution >= 4 is 159 Å². The van der Waals surface area contributed by atoms with Crippen molar-refractivity contribution in [2.45, 2.75) is 166 Å². The second kappa shape index (κ2) is 20.3. The Kier molecular flexibility index (Phi) is 14.7. The Labute approximate surface area is 515 Å². The van der Waals surface area contributed by atoms with Crippen molar-refractivity contribution in [1.29, 1.82) is 0 Å². The van der Waals surface area contributed by atoms with E-state index in [0.29, 0.717) is 16.7 Å². The van der Waals surface area contributed by atoms with Gasteiger partial charge in [0.1, 0.15) is 0 Å². The van der Waals surface area contributed by atoms with Gasteiger partial charge in [-0.25, -0.2) is 14.4 Å². The maximum absolute atomic E-state index is 12.9. The summed E-state index contributed by atoms with van der Waals surface area (Å²) in [6, 6.07) is 24.2. The molecule has 18 heteroatoms. The molecule has 0 saturated heterocycles. The number of rotatable bonds is 9. The van der Waals surface area contributed by atoms with Gasteiger partial charge in [0.05, 0.1) is 68.4 Å². The van der Waals surface area contributed by atoms with E-state index in [9.17, 15) is 14.4 Å². The Bertz CT molecular complexity index is 3130. The average Bonchev–Trinajstić information content (AvgIpc) is 3.22. The van der Waals surface area contributed by atoms with Gasteiger partial charge < -0.3 is 14.2 Å². The van der Waals surface area contributed by atoms with Crippen LogP contribution in [-0.4, -0.2) is 63.7 Å². The quantitative estimate of drug-likeness (QED) is 0.0782. The second-order valence-electron chi connectivity index (χ2n) is 22.4. The lowest BCUT2D eigenvalue weighted by atomic mass is 9.82. The van der Waals surface area contributed by atoms with Gasteiger partial charge >= 0.3 is 17.9 Å². The smallest absolute Gasteiger partial charge is 0.337 e. The number of hydrogen-bond acceptors (Lipinski definition) is 18. The number of carbonyl (C=O) groups excluding carboxylic acids is 3. The van der Waals surface area contributed by atoms with Crippen LogP contribution in [0.1, 0.15) is 131 Å². The van der Waals surface area contributed by atoms with Gasteiger partial charge in [-0.3, -0.25) is 0 Å². The number of ether oxygens (including phenoxy) is 3. The molecule has 6 heterocycles. The lowest BCUT2D eigenvalue weighted by Gasteiger charge is -2.32. The highest BCUT2D eigenvalue weighted by molar-refractivity contribution is 8.23. The van der Waals surface area contributed by atoms with Crippen LogP contribution < -0.4 is 0 Å². The molecule has 0 atom stereocenters. The predicted molar refractivity (Wildman–Crippen MR) is 345 cm³/mol. The van der Waals surface area contributed by atoms with Gasteiger partial charge in [0.15, 0.2) is 0 Å². The number of esters is 3. The summed E-state index contributed by atoms with van der Waals surface area (Å²) in [4.78, 5) is 54.1. The topological polar surface area (TPSA) is 78.9 Å². The normalized spacial score (nSPS) is 19.6. The van der Waals surface area contributed by atoms with Crippen LogP contribution >= 0.6 is 141 Å². The van der Waals surface area contributed by atoms with Crippen molar-refractivity contribution in [2.75, 3.05) is 21.3 Å². The van der Waals surface area contributed by atoms with Gasteiger partial charge in [0, 0.05) is 75.4 Å². The Morgan fingerprint density at radius 1 is 0.278 bits per heavy atom. The molecule has 0 aromatic heterocycles. The fourth-order valence-corrected chi connectivity index (χ4v) is 28.6. The zero-order valence-electron chi connectivity index (χ0n) is 46.3. The van der Waals surface area contributed by atoms with Crippen LogP contribution in [0.15, 0.2) is 132 Å². The average molecular weight is 1270 g/mol. The summed E-state index contributed by atoms with van der Waals surface area (Å²) >= 11 is 23.7. The lowest BCUT2D eigenvalue weighted by Crippen LogP contribution is -2.15. The molecular formula is C61H57O6S12. The fraction of sp³-hybridized carbons (Fsp3) is 0.344. The number of carbonyl (C=O) groups is 3. The summed E-state index contributed by atoms with van der Waals surface area (Å²) in [5.74, 6) is 0.252. The van der Waals surface area contributed by atoms with Gasteiger partial charge in [-0.15, -0.1) is 141 Å². The lowest BCUT2D eigenvalue weighted by molar-refractivity contribution is 0.0592. The third kappa shape index (κ3) is 10.2. The van der Waals surface area contributed by atoms with Crippen LogP contribution in [0.25, 0.3) is 33.4 Å². The fourth-order valence-electron chi connectivity index (χ4n) is 10.7. The highest BCUT2D eigenvalue weighted by Gasteiger charge is 2.53. The number of methoxy groups -OCH3 is 3. The molecule has 0 unspecified atom stereocenters. The first-order valence-corrected chi connectivity index (χ1v) is 35.4. The van der Waals surface area contributed by atoms with Crippen LogP contribution in [-0.2, 0) is 14.2 Å². The van der Waals surface area contributed by atoms with E-state index in [0.717, 1.165) is 16.7 Å². The van der Waals surface area contributed by atoms with Gasteiger partial charge in [-0.1, -0.05) is 36.4 Å². The standard InChI is InChI=1S/C61H57O6S12/c1-56(2)68-41-34(28-16-22-31(23-17-28)53(62)65-13)42-48(75-57(3,4)69-42)38(47(41)74-56)37(39-49-43(70-58(5,6)76-49)35(44-50(39)77-59(7,8)71-44)29-18-24-32(25-19-29)54(63)66-14)40-51-45(72-60(9,10)78-51)36(46-52(40)79-61(11,12)73-46)30-20-26-33(27-21-30)55(64)67-15/h16-27H,1-15H3. The summed E-state index contributed by atoms with van der Waals surface area (Å²) in [7, 11) is 4.31. The third-order valence-electron chi connectivity index (χ3n) is 13.7. The first kappa shape index (κ1) is 57.4. The Balaban J connectivity index is 1.25. The Morgan fingerprint density at radius 2 is 0.443 bits per heavy atom. The minimum atomic E-state index is -0.348. The molecular weight excluding hydrogens is 1210 g/mol.